The Morgan fingerprint density at radius 3 is 2.50 bits per heavy atom. The second-order valence-electron chi connectivity index (χ2n) is 4.66. The van der Waals surface area contributed by atoms with E-state index in [0.717, 1.165) is 0 Å². The molecule has 0 N–H and O–H groups in total. The molecule has 8 heteroatoms. The third-order valence-corrected chi connectivity index (χ3v) is 4.53. The third-order valence-electron chi connectivity index (χ3n) is 2.84. The standard InChI is InChI=1S/C12H21N3O4S/c1-5-19-12(16)10-11(9(3)4)15(14-13-10)7-8-20(17,18)6-2/h9H,5-8H2,1-4H3. The maximum atomic E-state index is 11.8. The van der Waals surface area contributed by atoms with Crippen molar-refractivity contribution < 1.29 is 17.9 Å². The van der Waals surface area contributed by atoms with Gasteiger partial charge in [0, 0.05) is 5.75 Å². The monoisotopic (exact) mass is 303 g/mol. The van der Waals surface area contributed by atoms with Crippen molar-refractivity contribution >= 4 is 15.8 Å². The molecule has 0 atom stereocenters. The molecular formula is C12H21N3O4S. The second kappa shape index (κ2) is 6.83. The van der Waals surface area contributed by atoms with Crippen LogP contribution < -0.4 is 0 Å². The summed E-state index contributed by atoms with van der Waals surface area (Å²) in [6.07, 6.45) is 0. The van der Waals surface area contributed by atoms with Crippen LogP contribution in [-0.2, 0) is 21.1 Å². The number of hydrogen-bond acceptors (Lipinski definition) is 6. The van der Waals surface area contributed by atoms with Crippen molar-refractivity contribution in [3.63, 3.8) is 0 Å². The van der Waals surface area contributed by atoms with Gasteiger partial charge in [0.25, 0.3) is 0 Å². The molecule has 0 aromatic carbocycles. The molecule has 1 aromatic rings. The fraction of sp³-hybridized carbons (Fsp3) is 0.750. The molecule has 1 heterocycles. The van der Waals surface area contributed by atoms with Crippen LogP contribution >= 0.6 is 0 Å². The van der Waals surface area contributed by atoms with Gasteiger partial charge < -0.3 is 4.74 Å². The molecule has 0 amide bonds. The zero-order valence-electron chi connectivity index (χ0n) is 12.3. The first kappa shape index (κ1) is 16.6. The molecule has 0 aliphatic rings. The summed E-state index contributed by atoms with van der Waals surface area (Å²) in [5.74, 6) is -0.465. The van der Waals surface area contributed by atoms with E-state index in [1.54, 1.807) is 13.8 Å². The van der Waals surface area contributed by atoms with Gasteiger partial charge in [0.2, 0.25) is 0 Å². The van der Waals surface area contributed by atoms with Gasteiger partial charge in [-0.05, 0) is 12.8 Å². The minimum absolute atomic E-state index is 0.00580. The number of rotatable bonds is 7. The Hall–Kier alpha value is -1.44. The van der Waals surface area contributed by atoms with Crippen molar-refractivity contribution in [2.24, 2.45) is 0 Å². The van der Waals surface area contributed by atoms with Gasteiger partial charge >= 0.3 is 5.97 Å². The fourth-order valence-corrected chi connectivity index (χ4v) is 2.51. The van der Waals surface area contributed by atoms with Crippen LogP contribution in [0.3, 0.4) is 0 Å². The lowest BCUT2D eigenvalue weighted by molar-refractivity contribution is 0.0517. The maximum Gasteiger partial charge on any atom is 0.360 e. The van der Waals surface area contributed by atoms with Gasteiger partial charge in [0.1, 0.15) is 0 Å². The minimum Gasteiger partial charge on any atom is -0.461 e. The number of esters is 1. The van der Waals surface area contributed by atoms with E-state index >= 15 is 0 Å². The quantitative estimate of drug-likeness (QED) is 0.698. The molecule has 0 unspecified atom stereocenters. The van der Waals surface area contributed by atoms with Gasteiger partial charge in [-0.25, -0.2) is 17.9 Å². The Bertz CT molecular complexity index is 563. The van der Waals surface area contributed by atoms with Crippen molar-refractivity contribution in [3.8, 4) is 0 Å². The van der Waals surface area contributed by atoms with Gasteiger partial charge in [-0.2, -0.15) is 0 Å². The van der Waals surface area contributed by atoms with Crippen molar-refractivity contribution in [2.45, 2.75) is 40.2 Å². The number of carbonyl (C=O) groups excluding carboxylic acids is 1. The molecule has 0 spiro atoms. The first-order valence-corrected chi connectivity index (χ1v) is 8.45. The lowest BCUT2D eigenvalue weighted by atomic mass is 10.1. The Labute approximate surface area is 119 Å². The fourth-order valence-electron chi connectivity index (χ4n) is 1.77. The Morgan fingerprint density at radius 2 is 2.00 bits per heavy atom. The van der Waals surface area contributed by atoms with E-state index in [0.29, 0.717) is 5.69 Å². The van der Waals surface area contributed by atoms with Crippen LogP contribution in [0, 0.1) is 0 Å². The highest BCUT2D eigenvalue weighted by molar-refractivity contribution is 7.91. The number of ether oxygens (including phenoxy) is 1. The lowest BCUT2D eigenvalue weighted by Gasteiger charge is -2.10. The lowest BCUT2D eigenvalue weighted by Crippen LogP contribution is -2.18. The van der Waals surface area contributed by atoms with Gasteiger partial charge in [-0.15, -0.1) is 5.10 Å². The SMILES string of the molecule is CCOC(=O)c1nnn(CCS(=O)(=O)CC)c1C(C)C. The average molecular weight is 303 g/mol. The summed E-state index contributed by atoms with van der Waals surface area (Å²) in [7, 11) is -3.09. The maximum absolute atomic E-state index is 11.8. The predicted octanol–water partition coefficient (Wildman–Crippen LogP) is 1.01. The van der Waals surface area contributed by atoms with Crippen molar-refractivity contribution in [1.29, 1.82) is 0 Å². The summed E-state index contributed by atoms with van der Waals surface area (Å²) in [4.78, 5) is 11.8. The zero-order chi connectivity index (χ0) is 15.3. The van der Waals surface area contributed by atoms with E-state index in [1.165, 1.54) is 4.68 Å². The normalized spacial score (nSPS) is 11.8. The molecule has 0 radical (unpaired) electrons. The minimum atomic E-state index is -3.09. The van der Waals surface area contributed by atoms with E-state index in [1.807, 2.05) is 13.8 Å². The van der Waals surface area contributed by atoms with E-state index in [4.69, 9.17) is 4.74 Å². The van der Waals surface area contributed by atoms with E-state index in [9.17, 15) is 13.2 Å². The number of carbonyl (C=O) groups is 1. The molecule has 0 aliphatic heterocycles. The highest BCUT2D eigenvalue weighted by Crippen LogP contribution is 2.18. The molecule has 7 nitrogen and oxygen atoms in total. The van der Waals surface area contributed by atoms with E-state index < -0.39 is 15.8 Å². The van der Waals surface area contributed by atoms with Gasteiger partial charge in [-0.1, -0.05) is 26.0 Å². The predicted molar refractivity (Wildman–Crippen MR) is 74.4 cm³/mol. The smallest absolute Gasteiger partial charge is 0.360 e. The van der Waals surface area contributed by atoms with Crippen LogP contribution in [0.2, 0.25) is 0 Å². The molecule has 0 fully saturated rings. The summed E-state index contributed by atoms with van der Waals surface area (Å²) >= 11 is 0. The Balaban J connectivity index is 3.01. The van der Waals surface area contributed by atoms with E-state index in [2.05, 4.69) is 10.3 Å². The Kier molecular flexibility index (Phi) is 5.67. The summed E-state index contributed by atoms with van der Waals surface area (Å²) < 4.78 is 29.5. The molecule has 1 rings (SSSR count). The summed E-state index contributed by atoms with van der Waals surface area (Å²) in [5, 5.41) is 7.71. The topological polar surface area (TPSA) is 91.2 Å². The van der Waals surface area contributed by atoms with Crippen molar-refractivity contribution in [2.75, 3.05) is 18.1 Å². The van der Waals surface area contributed by atoms with Crippen LogP contribution in [0.5, 0.6) is 0 Å². The largest absolute Gasteiger partial charge is 0.461 e. The van der Waals surface area contributed by atoms with Crippen LogP contribution in [-0.4, -0.2) is 47.5 Å². The number of sulfone groups is 1. The highest BCUT2D eigenvalue weighted by Gasteiger charge is 2.23. The van der Waals surface area contributed by atoms with E-state index in [-0.39, 0.29) is 36.3 Å². The van der Waals surface area contributed by atoms with Gasteiger partial charge in [0.15, 0.2) is 15.5 Å². The van der Waals surface area contributed by atoms with Crippen molar-refractivity contribution in [3.05, 3.63) is 11.4 Å². The Morgan fingerprint density at radius 1 is 1.35 bits per heavy atom. The zero-order valence-corrected chi connectivity index (χ0v) is 13.1. The second-order valence-corrected chi connectivity index (χ2v) is 7.13. The molecule has 114 valence electrons. The number of aromatic nitrogens is 3. The van der Waals surface area contributed by atoms with Crippen molar-refractivity contribution in [1.82, 2.24) is 15.0 Å². The first-order chi connectivity index (χ1) is 9.32. The third kappa shape index (κ3) is 4.03. The number of nitrogens with zero attached hydrogens (tertiary/aromatic N) is 3. The first-order valence-electron chi connectivity index (χ1n) is 6.63. The van der Waals surface area contributed by atoms with Crippen LogP contribution in [0.4, 0.5) is 0 Å². The molecule has 1 aromatic heterocycles. The summed E-state index contributed by atoms with van der Waals surface area (Å²) in [5.41, 5.74) is 0.769. The van der Waals surface area contributed by atoms with Crippen LogP contribution in [0.25, 0.3) is 0 Å². The highest BCUT2D eigenvalue weighted by atomic mass is 32.2. The summed E-state index contributed by atoms with van der Waals surface area (Å²) in [6.45, 7) is 7.55. The number of aryl methyl sites for hydroxylation is 1. The molecule has 0 saturated heterocycles. The molecular weight excluding hydrogens is 282 g/mol. The number of hydrogen-bond donors (Lipinski definition) is 0. The molecule has 0 bridgehead atoms. The molecule has 0 aliphatic carbocycles. The van der Waals surface area contributed by atoms with Gasteiger partial charge in [0.05, 0.1) is 24.6 Å². The van der Waals surface area contributed by atoms with Crippen LogP contribution in [0.15, 0.2) is 0 Å². The van der Waals surface area contributed by atoms with Gasteiger partial charge in [-0.3, -0.25) is 0 Å². The molecule has 0 saturated carbocycles. The van der Waals surface area contributed by atoms with Crippen LogP contribution in [0.1, 0.15) is 49.8 Å². The average Bonchev–Trinajstić information content (AvgIpc) is 2.81. The summed E-state index contributed by atoms with van der Waals surface area (Å²) in [6, 6.07) is 0. The molecule has 20 heavy (non-hydrogen) atoms.